The number of primary amides is 1. The zero-order chi connectivity index (χ0) is 22.4. The number of rotatable bonds is 14. The molecule has 0 spiro atoms. The summed E-state index contributed by atoms with van der Waals surface area (Å²) in [5, 5.41) is 12.7. The highest BCUT2D eigenvalue weighted by molar-refractivity contribution is 5.83. The molecule has 3 amide bonds. The third-order valence-corrected chi connectivity index (χ3v) is 3.70. The highest BCUT2D eigenvalue weighted by Crippen LogP contribution is 2.10. The summed E-state index contributed by atoms with van der Waals surface area (Å²) in [5.41, 5.74) is 18.1. The Hall–Kier alpha value is -3.09. The molecule has 13 nitrogen and oxygen atoms in total. The Balaban J connectivity index is 5.22. The van der Waals surface area contributed by atoms with Crippen molar-refractivity contribution in [1.82, 2.24) is 15.8 Å². The van der Waals surface area contributed by atoms with Crippen molar-refractivity contribution in [3.8, 4) is 0 Å². The number of nitrogens with one attached hydrogen (secondary N) is 2. The van der Waals surface area contributed by atoms with Gasteiger partial charge in [-0.3, -0.25) is 19.6 Å². The number of aliphatic carboxylic acids is 1. The minimum atomic E-state index is -1.27. The normalized spacial score (nSPS) is 12.3. The molecule has 0 aliphatic carbocycles. The Morgan fingerprint density at radius 3 is 2.28 bits per heavy atom. The van der Waals surface area contributed by atoms with Gasteiger partial charge in [-0.05, 0) is 32.6 Å². The van der Waals surface area contributed by atoms with Gasteiger partial charge in [-0.25, -0.2) is 15.0 Å². The van der Waals surface area contributed by atoms with E-state index in [1.807, 2.05) is 0 Å². The lowest BCUT2D eigenvalue weighted by Gasteiger charge is -2.31. The minimum Gasteiger partial charge on any atom is -0.480 e. The van der Waals surface area contributed by atoms with E-state index in [2.05, 4.69) is 15.7 Å². The highest BCUT2D eigenvalue weighted by atomic mass is 16.5. The summed E-state index contributed by atoms with van der Waals surface area (Å²) in [6.45, 7) is 3.31. The molecule has 0 bridgehead atoms. The number of guanidine groups is 1. The lowest BCUT2D eigenvalue weighted by Crippen LogP contribution is -2.57. The van der Waals surface area contributed by atoms with Crippen molar-refractivity contribution in [3.05, 3.63) is 0 Å². The van der Waals surface area contributed by atoms with Gasteiger partial charge in [0, 0.05) is 20.0 Å². The number of amides is 3. The molecule has 2 atom stereocenters. The van der Waals surface area contributed by atoms with E-state index in [0.717, 1.165) is 5.01 Å². The molecule has 0 aromatic carbocycles. The first kappa shape index (κ1) is 25.9. The van der Waals surface area contributed by atoms with Gasteiger partial charge in [-0.2, -0.15) is 0 Å². The number of hydrogen-bond donors (Lipinski definition) is 6. The fourth-order valence-electron chi connectivity index (χ4n) is 2.42. The summed E-state index contributed by atoms with van der Waals surface area (Å²) in [6.07, 6.45) is 0.862. The first-order valence-electron chi connectivity index (χ1n) is 9.14. The lowest BCUT2D eigenvalue weighted by molar-refractivity contribution is -0.158. The maximum Gasteiger partial charge on any atom is 0.328 e. The van der Waals surface area contributed by atoms with E-state index in [0.29, 0.717) is 6.42 Å². The first-order valence-corrected chi connectivity index (χ1v) is 9.14. The van der Waals surface area contributed by atoms with Gasteiger partial charge in [-0.15, -0.1) is 0 Å². The average molecular weight is 417 g/mol. The van der Waals surface area contributed by atoms with Gasteiger partial charge < -0.3 is 32.4 Å². The van der Waals surface area contributed by atoms with Crippen LogP contribution in [0.5, 0.6) is 0 Å². The summed E-state index contributed by atoms with van der Waals surface area (Å²) in [7, 11) is 0. The summed E-state index contributed by atoms with van der Waals surface area (Å²) in [5.74, 6) is -2.59. The van der Waals surface area contributed by atoms with Crippen LogP contribution < -0.4 is 27.9 Å². The van der Waals surface area contributed by atoms with E-state index in [4.69, 9.17) is 21.9 Å². The van der Waals surface area contributed by atoms with Crippen LogP contribution in [-0.2, 0) is 19.1 Å². The van der Waals surface area contributed by atoms with E-state index in [1.54, 1.807) is 6.92 Å². The van der Waals surface area contributed by atoms with E-state index >= 15 is 0 Å². The summed E-state index contributed by atoms with van der Waals surface area (Å²) in [4.78, 5) is 50.5. The SMILES string of the molecule is CCOC(=O)[C@H](CCCN=C(N)N)NN(C(C)=O)[C@@H](CCCNC(N)=O)C(=O)O. The number of hydrogen-bond acceptors (Lipinski definition) is 7. The molecule has 0 aromatic rings. The first-order chi connectivity index (χ1) is 13.6. The molecule has 166 valence electrons. The van der Waals surface area contributed by atoms with Gasteiger partial charge in [0.25, 0.3) is 0 Å². The highest BCUT2D eigenvalue weighted by Gasteiger charge is 2.32. The van der Waals surface area contributed by atoms with Crippen molar-refractivity contribution in [2.75, 3.05) is 19.7 Å². The predicted molar refractivity (Wildman–Crippen MR) is 104 cm³/mol. The summed E-state index contributed by atoms with van der Waals surface area (Å²) < 4.78 is 4.99. The molecule has 0 aromatic heterocycles. The molecule has 0 saturated carbocycles. The van der Waals surface area contributed by atoms with Gasteiger partial charge >= 0.3 is 18.0 Å². The molecule has 0 aliphatic rings. The van der Waals surface area contributed by atoms with E-state index in [-0.39, 0.29) is 44.9 Å². The smallest absolute Gasteiger partial charge is 0.328 e. The molecular weight excluding hydrogens is 386 g/mol. The van der Waals surface area contributed by atoms with Gasteiger partial charge in [0.1, 0.15) is 12.1 Å². The Labute approximate surface area is 169 Å². The maximum atomic E-state index is 12.2. The van der Waals surface area contributed by atoms with Gasteiger partial charge in [0.15, 0.2) is 5.96 Å². The average Bonchev–Trinajstić information content (AvgIpc) is 2.61. The number of hydrazine groups is 1. The lowest BCUT2D eigenvalue weighted by atomic mass is 10.1. The second-order valence-corrected chi connectivity index (χ2v) is 6.06. The summed E-state index contributed by atoms with van der Waals surface area (Å²) >= 11 is 0. The molecule has 0 saturated heterocycles. The number of aliphatic imine (C=N–C) groups is 1. The molecule has 0 rings (SSSR count). The second-order valence-electron chi connectivity index (χ2n) is 6.06. The number of esters is 1. The van der Waals surface area contributed by atoms with Crippen molar-refractivity contribution >= 4 is 29.8 Å². The third kappa shape index (κ3) is 11.4. The quantitative estimate of drug-likeness (QED) is 0.0618. The van der Waals surface area contributed by atoms with Crippen LogP contribution in [-0.4, -0.2) is 71.7 Å². The largest absolute Gasteiger partial charge is 0.480 e. The van der Waals surface area contributed by atoms with Crippen LogP contribution in [0.3, 0.4) is 0 Å². The van der Waals surface area contributed by atoms with Crippen LogP contribution in [0.25, 0.3) is 0 Å². The van der Waals surface area contributed by atoms with E-state index in [9.17, 15) is 24.3 Å². The molecule has 29 heavy (non-hydrogen) atoms. The number of carboxylic acid groups (broad SMARTS) is 1. The van der Waals surface area contributed by atoms with E-state index in [1.165, 1.54) is 6.92 Å². The van der Waals surface area contributed by atoms with Crippen LogP contribution in [0, 0.1) is 0 Å². The zero-order valence-corrected chi connectivity index (χ0v) is 16.7. The fourth-order valence-corrected chi connectivity index (χ4v) is 2.42. The maximum absolute atomic E-state index is 12.2. The van der Waals surface area contributed by atoms with Crippen LogP contribution >= 0.6 is 0 Å². The number of carbonyl (C=O) groups is 4. The second kappa shape index (κ2) is 14.0. The Bertz CT molecular complexity index is 594. The molecule has 0 fully saturated rings. The van der Waals surface area contributed by atoms with Gasteiger partial charge in [0.05, 0.1) is 6.61 Å². The van der Waals surface area contributed by atoms with Crippen LogP contribution in [0.15, 0.2) is 4.99 Å². The molecule has 0 aliphatic heterocycles. The van der Waals surface area contributed by atoms with Crippen molar-refractivity contribution in [3.63, 3.8) is 0 Å². The molecule has 0 radical (unpaired) electrons. The van der Waals surface area contributed by atoms with Gasteiger partial charge in [0.2, 0.25) is 5.91 Å². The number of nitrogens with two attached hydrogens (primary N) is 3. The Morgan fingerprint density at radius 1 is 1.14 bits per heavy atom. The summed E-state index contributed by atoms with van der Waals surface area (Å²) in [6, 6.07) is -2.97. The molecular formula is C16H31N7O6. The third-order valence-electron chi connectivity index (χ3n) is 3.70. The van der Waals surface area contributed by atoms with Crippen molar-refractivity contribution < 1.29 is 29.0 Å². The van der Waals surface area contributed by atoms with Gasteiger partial charge in [-0.1, -0.05) is 0 Å². The molecule has 0 unspecified atom stereocenters. The Morgan fingerprint density at radius 2 is 1.79 bits per heavy atom. The van der Waals surface area contributed by atoms with E-state index < -0.39 is 36.0 Å². The monoisotopic (exact) mass is 417 g/mol. The number of urea groups is 1. The van der Waals surface area contributed by atoms with Crippen molar-refractivity contribution in [2.45, 2.75) is 51.6 Å². The Kier molecular flexibility index (Phi) is 12.5. The van der Waals surface area contributed by atoms with Crippen LogP contribution in [0.2, 0.25) is 0 Å². The number of carboxylic acids is 1. The standard InChI is InChI=1S/C16H31N7O6/c1-3-29-14(27)11(6-4-8-20-15(17)18)22-23(10(2)24)12(13(25)26)7-5-9-21-16(19)28/h11-12,22H,3-9H2,1-2H3,(H,25,26)(H4,17,18,20)(H3,19,21,28)/t11-,12-/m0/s1. The number of carbonyl (C=O) groups excluding carboxylic acids is 3. The van der Waals surface area contributed by atoms with Crippen LogP contribution in [0.1, 0.15) is 39.5 Å². The van der Waals surface area contributed by atoms with Crippen molar-refractivity contribution in [1.29, 1.82) is 0 Å². The molecule has 13 heteroatoms. The number of nitrogens with zero attached hydrogens (tertiary/aromatic N) is 2. The topological polar surface area (TPSA) is 215 Å². The minimum absolute atomic E-state index is 0.0196. The molecule has 0 heterocycles. The zero-order valence-electron chi connectivity index (χ0n) is 16.7. The molecule has 9 N–H and O–H groups in total. The number of ether oxygens (including phenoxy) is 1. The van der Waals surface area contributed by atoms with Crippen molar-refractivity contribution in [2.24, 2.45) is 22.2 Å². The predicted octanol–water partition coefficient (Wildman–Crippen LogP) is -1.77. The van der Waals surface area contributed by atoms with Crippen LogP contribution in [0.4, 0.5) is 4.79 Å². The fraction of sp³-hybridized carbons (Fsp3) is 0.688.